The summed E-state index contributed by atoms with van der Waals surface area (Å²) in [5.74, 6) is 0.802. The van der Waals surface area contributed by atoms with Crippen LogP contribution >= 0.6 is 0 Å². The third-order valence-electron chi connectivity index (χ3n) is 8.06. The smallest absolute Gasteiger partial charge is 0.261 e. The number of benzene rings is 2. The summed E-state index contributed by atoms with van der Waals surface area (Å²) in [5, 5.41) is 0. The van der Waals surface area contributed by atoms with Gasteiger partial charge in [0.15, 0.2) is 11.5 Å². The van der Waals surface area contributed by atoms with Crippen molar-refractivity contribution in [3.05, 3.63) is 71.3 Å². The van der Waals surface area contributed by atoms with Gasteiger partial charge in [-0.2, -0.15) is 0 Å². The molecule has 2 aliphatic heterocycles. The fraction of sp³-hybridized carbons (Fsp3) is 0.464. The van der Waals surface area contributed by atoms with Crippen LogP contribution in [0.15, 0.2) is 59.6 Å². The minimum Gasteiger partial charge on any atom is -0.369 e. The number of rotatable bonds is 4. The van der Waals surface area contributed by atoms with Crippen molar-refractivity contribution in [2.24, 2.45) is 16.6 Å². The van der Waals surface area contributed by atoms with Gasteiger partial charge in [0.25, 0.3) is 11.8 Å². The number of piperidine rings is 1. The summed E-state index contributed by atoms with van der Waals surface area (Å²) in [7, 11) is 1.71. The van der Waals surface area contributed by atoms with Crippen molar-refractivity contribution in [3.63, 3.8) is 0 Å². The van der Waals surface area contributed by atoms with E-state index in [2.05, 4.69) is 18.2 Å². The van der Waals surface area contributed by atoms with Crippen molar-refractivity contribution in [2.45, 2.75) is 56.4 Å². The molecule has 1 atom stereocenters. The lowest BCUT2D eigenvalue weighted by Gasteiger charge is -2.40. The van der Waals surface area contributed by atoms with E-state index in [1.807, 2.05) is 41.3 Å². The molecule has 3 aliphatic rings. The van der Waals surface area contributed by atoms with Gasteiger partial charge >= 0.3 is 0 Å². The molecule has 0 spiro atoms. The Bertz CT molecular complexity index is 1080. The molecule has 178 valence electrons. The fourth-order valence-corrected chi connectivity index (χ4v) is 6.08. The summed E-state index contributed by atoms with van der Waals surface area (Å²) >= 11 is 0. The largest absolute Gasteiger partial charge is 0.369 e. The summed E-state index contributed by atoms with van der Waals surface area (Å²) in [6, 6.07) is 17.9. The van der Waals surface area contributed by atoms with Gasteiger partial charge in [0.2, 0.25) is 0 Å². The second-order valence-electron chi connectivity index (χ2n) is 9.99. The Kier molecular flexibility index (Phi) is 6.15. The summed E-state index contributed by atoms with van der Waals surface area (Å²) in [4.78, 5) is 34.9. The highest BCUT2D eigenvalue weighted by atomic mass is 16.2. The zero-order valence-electron chi connectivity index (χ0n) is 20.0. The number of likely N-dealkylation sites (N-methyl/N-ethyl adjacent to an activating group) is 1. The second-order valence-corrected chi connectivity index (χ2v) is 9.99. The van der Waals surface area contributed by atoms with Crippen LogP contribution in [0.4, 0.5) is 0 Å². The molecule has 2 heterocycles. The molecule has 0 bridgehead atoms. The third-order valence-corrected chi connectivity index (χ3v) is 8.06. The number of carbonyl (C=O) groups is 2. The summed E-state index contributed by atoms with van der Waals surface area (Å²) in [5.41, 5.74) is 8.16. The van der Waals surface area contributed by atoms with Crippen molar-refractivity contribution >= 4 is 17.8 Å². The molecule has 1 saturated carbocycles. The standard InChI is InChI=1S/C28H34N4O2/c1-31-26(34)28(30-27(31)29,24-14-8-13-22(19-24)20-9-4-2-5-10-20)23-15-17-32(18-16-23)25(33)21-11-6-3-7-12-21/h3,6-8,11-14,19-20,23H,2,4-5,9-10,15-18H2,1H3,(H2,29,30). The van der Waals surface area contributed by atoms with Crippen molar-refractivity contribution < 1.29 is 9.59 Å². The van der Waals surface area contributed by atoms with E-state index in [1.165, 1.54) is 42.6 Å². The van der Waals surface area contributed by atoms with Gasteiger partial charge in [-0.15, -0.1) is 0 Å². The highest BCUT2D eigenvalue weighted by Crippen LogP contribution is 2.45. The zero-order valence-corrected chi connectivity index (χ0v) is 20.0. The normalized spacial score (nSPS) is 24.4. The SMILES string of the molecule is CN1C(=O)C(c2cccc(C3CCCCC3)c2)(C2CCN(C(=O)c3ccccc3)CC2)N=C1N. The Morgan fingerprint density at radius 2 is 1.68 bits per heavy atom. The van der Waals surface area contributed by atoms with Crippen LogP contribution in [0, 0.1) is 5.92 Å². The van der Waals surface area contributed by atoms with Crippen molar-refractivity contribution in [2.75, 3.05) is 20.1 Å². The number of hydrogen-bond donors (Lipinski definition) is 1. The summed E-state index contributed by atoms with van der Waals surface area (Å²) in [6.45, 7) is 1.21. The van der Waals surface area contributed by atoms with E-state index in [4.69, 9.17) is 10.7 Å². The molecule has 1 aliphatic carbocycles. The molecule has 2 aromatic rings. The van der Waals surface area contributed by atoms with E-state index in [0.717, 1.165) is 5.56 Å². The van der Waals surface area contributed by atoms with Crippen LogP contribution in [-0.2, 0) is 10.3 Å². The Morgan fingerprint density at radius 1 is 0.971 bits per heavy atom. The van der Waals surface area contributed by atoms with Gasteiger partial charge in [-0.3, -0.25) is 14.5 Å². The minimum absolute atomic E-state index is 0.00932. The molecule has 2 fully saturated rings. The zero-order chi connectivity index (χ0) is 23.7. The first-order valence-corrected chi connectivity index (χ1v) is 12.6. The van der Waals surface area contributed by atoms with Crippen molar-refractivity contribution in [1.29, 1.82) is 0 Å². The number of guanidine groups is 1. The van der Waals surface area contributed by atoms with E-state index in [-0.39, 0.29) is 23.7 Å². The molecule has 5 rings (SSSR count). The molecule has 6 nitrogen and oxygen atoms in total. The van der Waals surface area contributed by atoms with E-state index in [1.54, 1.807) is 7.05 Å². The third kappa shape index (κ3) is 3.89. The first kappa shape index (κ1) is 22.6. The van der Waals surface area contributed by atoms with Gasteiger partial charge in [0.1, 0.15) is 0 Å². The van der Waals surface area contributed by atoms with Crippen LogP contribution in [0.25, 0.3) is 0 Å². The lowest BCUT2D eigenvalue weighted by molar-refractivity contribution is -0.133. The number of carbonyl (C=O) groups excluding carboxylic acids is 2. The first-order valence-electron chi connectivity index (χ1n) is 12.6. The van der Waals surface area contributed by atoms with E-state index in [0.29, 0.717) is 37.4 Å². The molecule has 6 heteroatoms. The maximum absolute atomic E-state index is 13.7. The molecule has 2 aromatic carbocycles. The maximum Gasteiger partial charge on any atom is 0.261 e. The van der Waals surface area contributed by atoms with Crippen LogP contribution < -0.4 is 5.73 Å². The quantitative estimate of drug-likeness (QED) is 0.743. The Balaban J connectivity index is 1.43. The average Bonchev–Trinajstić information content (AvgIpc) is 3.14. The van der Waals surface area contributed by atoms with Gasteiger partial charge in [0.05, 0.1) is 0 Å². The van der Waals surface area contributed by atoms with Crippen LogP contribution in [-0.4, -0.2) is 47.7 Å². The van der Waals surface area contributed by atoms with E-state index in [9.17, 15) is 9.59 Å². The Hall–Kier alpha value is -3.15. The van der Waals surface area contributed by atoms with Gasteiger partial charge in [-0.1, -0.05) is 61.7 Å². The topological polar surface area (TPSA) is 79.0 Å². The van der Waals surface area contributed by atoms with Crippen LogP contribution in [0.2, 0.25) is 0 Å². The summed E-state index contributed by atoms with van der Waals surface area (Å²) in [6.07, 6.45) is 7.67. The first-order chi connectivity index (χ1) is 16.5. The number of nitrogens with zero attached hydrogens (tertiary/aromatic N) is 3. The predicted octanol–water partition coefficient (Wildman–Crippen LogP) is 4.27. The maximum atomic E-state index is 13.7. The molecular formula is C28H34N4O2. The fourth-order valence-electron chi connectivity index (χ4n) is 6.08. The van der Waals surface area contributed by atoms with Crippen LogP contribution in [0.3, 0.4) is 0 Å². The number of hydrogen-bond acceptors (Lipinski definition) is 4. The van der Waals surface area contributed by atoms with Gasteiger partial charge in [-0.05, 0) is 54.9 Å². The highest BCUT2D eigenvalue weighted by Gasteiger charge is 2.54. The lowest BCUT2D eigenvalue weighted by atomic mass is 9.72. The van der Waals surface area contributed by atoms with Crippen molar-refractivity contribution in [1.82, 2.24) is 9.80 Å². The van der Waals surface area contributed by atoms with Gasteiger partial charge in [-0.25, -0.2) is 4.99 Å². The van der Waals surface area contributed by atoms with Crippen LogP contribution in [0.5, 0.6) is 0 Å². The molecule has 0 radical (unpaired) electrons. The number of nitrogens with two attached hydrogens (primary N) is 1. The molecule has 1 unspecified atom stereocenters. The number of likely N-dealkylation sites (tertiary alicyclic amines) is 1. The van der Waals surface area contributed by atoms with Crippen molar-refractivity contribution in [3.8, 4) is 0 Å². The molecule has 2 N–H and O–H groups in total. The van der Waals surface area contributed by atoms with E-state index >= 15 is 0 Å². The molecular weight excluding hydrogens is 424 g/mol. The van der Waals surface area contributed by atoms with Crippen LogP contribution in [0.1, 0.15) is 72.3 Å². The minimum atomic E-state index is -1.01. The van der Waals surface area contributed by atoms with Gasteiger partial charge in [0, 0.05) is 31.6 Å². The molecule has 0 aromatic heterocycles. The Labute approximate surface area is 201 Å². The highest BCUT2D eigenvalue weighted by molar-refractivity contribution is 6.07. The summed E-state index contributed by atoms with van der Waals surface area (Å²) < 4.78 is 0. The van der Waals surface area contributed by atoms with E-state index < -0.39 is 5.54 Å². The molecule has 2 amide bonds. The monoisotopic (exact) mass is 458 g/mol. The second kappa shape index (κ2) is 9.24. The number of amides is 2. The average molecular weight is 459 g/mol. The molecule has 34 heavy (non-hydrogen) atoms. The Morgan fingerprint density at radius 3 is 2.32 bits per heavy atom. The lowest BCUT2D eigenvalue weighted by Crippen LogP contribution is -2.49. The molecule has 1 saturated heterocycles. The number of aliphatic imine (C=N–C) groups is 1. The van der Waals surface area contributed by atoms with Gasteiger partial charge < -0.3 is 10.6 Å². The predicted molar refractivity (Wildman–Crippen MR) is 133 cm³/mol.